The van der Waals surface area contributed by atoms with Crippen molar-refractivity contribution in [3.8, 4) is 5.75 Å². The molecule has 3 aromatic rings. The molecule has 1 aliphatic heterocycles. The largest absolute Gasteiger partial charge is 0.486 e. The average molecular weight is 441 g/mol. The Kier molecular flexibility index (Phi) is 6.79. The number of hydrogen-bond donors (Lipinski definition) is 0. The van der Waals surface area contributed by atoms with Crippen LogP contribution in [0.5, 0.6) is 5.75 Å². The Morgan fingerprint density at radius 3 is 2.68 bits per heavy atom. The number of tetrazole rings is 1. The van der Waals surface area contributed by atoms with Crippen molar-refractivity contribution in [1.29, 1.82) is 0 Å². The minimum atomic E-state index is 0.0150. The second-order valence-electron chi connectivity index (χ2n) is 7.39. The third kappa shape index (κ3) is 5.21. The number of aromatic nitrogens is 4. The lowest BCUT2D eigenvalue weighted by Gasteiger charge is -2.35. The molecule has 1 aliphatic rings. The van der Waals surface area contributed by atoms with Gasteiger partial charge in [-0.05, 0) is 47.2 Å². The maximum atomic E-state index is 13.0. The summed E-state index contributed by atoms with van der Waals surface area (Å²) in [6.45, 7) is 6.67. The van der Waals surface area contributed by atoms with Crippen molar-refractivity contribution in [2.45, 2.75) is 26.6 Å². The predicted octanol–water partition coefficient (Wildman–Crippen LogP) is 2.88. The van der Waals surface area contributed by atoms with Crippen LogP contribution in [0, 0.1) is 0 Å². The monoisotopic (exact) mass is 440 g/mol. The molecule has 162 valence electrons. The van der Waals surface area contributed by atoms with Crippen molar-refractivity contribution in [2.75, 3.05) is 26.2 Å². The molecule has 0 atom stereocenters. The van der Waals surface area contributed by atoms with E-state index in [1.54, 1.807) is 10.7 Å². The molecule has 0 N–H and O–H groups in total. The topological polar surface area (TPSA) is 76.4 Å². The summed E-state index contributed by atoms with van der Waals surface area (Å²) in [6, 6.07) is 15.2. The zero-order chi connectivity index (χ0) is 21.6. The van der Waals surface area contributed by atoms with Gasteiger partial charge in [-0.1, -0.05) is 35.9 Å². The summed E-state index contributed by atoms with van der Waals surface area (Å²) >= 11 is 6.28. The number of nitrogens with zero attached hydrogens (tertiary/aromatic N) is 6. The van der Waals surface area contributed by atoms with Crippen LogP contribution in [0.1, 0.15) is 28.7 Å². The van der Waals surface area contributed by atoms with Gasteiger partial charge in [-0.2, -0.15) is 0 Å². The number of halogens is 1. The Morgan fingerprint density at radius 1 is 1.10 bits per heavy atom. The first-order valence-corrected chi connectivity index (χ1v) is 10.7. The molecule has 9 heteroatoms. The molecular weight excluding hydrogens is 416 g/mol. The second kappa shape index (κ2) is 9.89. The van der Waals surface area contributed by atoms with Gasteiger partial charge in [-0.3, -0.25) is 9.69 Å². The maximum absolute atomic E-state index is 13.0. The first-order chi connectivity index (χ1) is 15.1. The smallest absolute Gasteiger partial charge is 0.254 e. The summed E-state index contributed by atoms with van der Waals surface area (Å²) in [5.41, 5.74) is 1.73. The van der Waals surface area contributed by atoms with Crippen molar-refractivity contribution < 1.29 is 9.53 Å². The van der Waals surface area contributed by atoms with Crippen LogP contribution in [0.2, 0.25) is 5.02 Å². The molecule has 4 rings (SSSR count). The van der Waals surface area contributed by atoms with E-state index in [1.165, 1.54) is 0 Å². The Balaban J connectivity index is 1.32. The van der Waals surface area contributed by atoms with E-state index in [0.29, 0.717) is 36.8 Å². The van der Waals surface area contributed by atoms with Crippen LogP contribution >= 0.6 is 11.6 Å². The molecule has 0 spiro atoms. The number of amides is 1. The van der Waals surface area contributed by atoms with Crippen molar-refractivity contribution in [3.63, 3.8) is 0 Å². The lowest BCUT2D eigenvalue weighted by Crippen LogP contribution is -2.48. The van der Waals surface area contributed by atoms with Crippen LogP contribution in [0.4, 0.5) is 0 Å². The molecule has 0 aliphatic carbocycles. The standard InChI is InChI=1S/C22H25ClN6O2/c1-2-29-21(24-25-26-29)16-31-19-8-5-7-17(14-19)22(30)28-12-10-27(11-13-28)15-18-6-3-4-9-20(18)23/h3-9,14H,2,10-13,15-16H2,1H3. The van der Waals surface area contributed by atoms with Crippen LogP contribution in [-0.2, 0) is 19.7 Å². The highest BCUT2D eigenvalue weighted by molar-refractivity contribution is 6.31. The SMILES string of the molecule is CCn1nnnc1COc1cccc(C(=O)N2CCN(Cc3ccccc3Cl)CC2)c1. The van der Waals surface area contributed by atoms with Crippen LogP contribution < -0.4 is 4.74 Å². The van der Waals surface area contributed by atoms with E-state index < -0.39 is 0 Å². The molecule has 1 fully saturated rings. The van der Waals surface area contributed by atoms with Gasteiger partial charge < -0.3 is 9.64 Å². The molecule has 2 heterocycles. The number of carbonyl (C=O) groups excluding carboxylic acids is 1. The molecule has 1 aromatic heterocycles. The quantitative estimate of drug-likeness (QED) is 0.562. The Labute approximate surface area is 186 Å². The van der Waals surface area contributed by atoms with Gasteiger partial charge in [-0.15, -0.1) is 5.10 Å². The van der Waals surface area contributed by atoms with E-state index in [0.717, 1.165) is 30.2 Å². The third-order valence-corrected chi connectivity index (χ3v) is 5.73. The fraction of sp³-hybridized carbons (Fsp3) is 0.364. The third-order valence-electron chi connectivity index (χ3n) is 5.37. The maximum Gasteiger partial charge on any atom is 0.254 e. The van der Waals surface area contributed by atoms with Gasteiger partial charge in [0.25, 0.3) is 5.91 Å². The fourth-order valence-corrected chi connectivity index (χ4v) is 3.79. The molecular formula is C22H25ClN6O2. The van der Waals surface area contributed by atoms with Crippen LogP contribution in [-0.4, -0.2) is 62.1 Å². The van der Waals surface area contributed by atoms with Crippen molar-refractivity contribution in [2.24, 2.45) is 0 Å². The summed E-state index contributed by atoms with van der Waals surface area (Å²) in [6.07, 6.45) is 0. The number of rotatable bonds is 7. The molecule has 1 amide bonds. The molecule has 0 saturated carbocycles. The highest BCUT2D eigenvalue weighted by Crippen LogP contribution is 2.20. The van der Waals surface area contributed by atoms with Gasteiger partial charge in [0.15, 0.2) is 5.82 Å². The number of aryl methyl sites for hydroxylation is 1. The fourth-order valence-electron chi connectivity index (χ4n) is 3.60. The van der Waals surface area contributed by atoms with E-state index >= 15 is 0 Å². The molecule has 0 unspecified atom stereocenters. The molecule has 1 saturated heterocycles. The number of hydrogen-bond acceptors (Lipinski definition) is 6. The van der Waals surface area contributed by atoms with Crippen molar-refractivity contribution >= 4 is 17.5 Å². The van der Waals surface area contributed by atoms with E-state index in [1.807, 2.05) is 54.3 Å². The molecule has 2 aromatic carbocycles. The highest BCUT2D eigenvalue weighted by atomic mass is 35.5. The Bertz CT molecular complexity index is 1030. The number of carbonyl (C=O) groups is 1. The van der Waals surface area contributed by atoms with Crippen molar-refractivity contribution in [1.82, 2.24) is 30.0 Å². The van der Waals surface area contributed by atoms with Gasteiger partial charge in [-0.25, -0.2) is 4.68 Å². The number of benzene rings is 2. The van der Waals surface area contributed by atoms with E-state index in [4.69, 9.17) is 16.3 Å². The molecule has 0 bridgehead atoms. The van der Waals surface area contributed by atoms with E-state index in [-0.39, 0.29) is 12.5 Å². The summed E-state index contributed by atoms with van der Waals surface area (Å²) in [7, 11) is 0. The normalized spacial score (nSPS) is 14.6. The van der Waals surface area contributed by atoms with Gasteiger partial charge in [0.2, 0.25) is 0 Å². The summed E-state index contributed by atoms with van der Waals surface area (Å²) in [4.78, 5) is 17.2. The van der Waals surface area contributed by atoms with E-state index in [9.17, 15) is 4.79 Å². The number of ether oxygens (including phenoxy) is 1. The minimum absolute atomic E-state index is 0.0150. The van der Waals surface area contributed by atoms with Gasteiger partial charge in [0, 0.05) is 49.9 Å². The first-order valence-electron chi connectivity index (χ1n) is 10.4. The summed E-state index contributed by atoms with van der Waals surface area (Å²) in [5, 5.41) is 12.3. The minimum Gasteiger partial charge on any atom is -0.486 e. The lowest BCUT2D eigenvalue weighted by molar-refractivity contribution is 0.0628. The predicted molar refractivity (Wildman–Crippen MR) is 117 cm³/mol. The number of piperazine rings is 1. The van der Waals surface area contributed by atoms with Crippen LogP contribution in [0.25, 0.3) is 0 Å². The van der Waals surface area contributed by atoms with E-state index in [2.05, 4.69) is 20.4 Å². The molecule has 31 heavy (non-hydrogen) atoms. The zero-order valence-electron chi connectivity index (χ0n) is 17.4. The molecule has 0 radical (unpaired) electrons. The van der Waals surface area contributed by atoms with Crippen molar-refractivity contribution in [3.05, 3.63) is 70.5 Å². The Hall–Kier alpha value is -2.97. The zero-order valence-corrected chi connectivity index (χ0v) is 18.2. The first kappa shape index (κ1) is 21.3. The van der Waals surface area contributed by atoms with Crippen LogP contribution in [0.3, 0.4) is 0 Å². The average Bonchev–Trinajstić information content (AvgIpc) is 3.27. The summed E-state index contributed by atoms with van der Waals surface area (Å²) in [5.74, 6) is 1.28. The molecule has 8 nitrogen and oxygen atoms in total. The lowest BCUT2D eigenvalue weighted by atomic mass is 10.1. The Morgan fingerprint density at radius 2 is 1.90 bits per heavy atom. The van der Waals surface area contributed by atoms with Gasteiger partial charge in [0.05, 0.1) is 0 Å². The summed E-state index contributed by atoms with van der Waals surface area (Å²) < 4.78 is 7.49. The van der Waals surface area contributed by atoms with Gasteiger partial charge in [0.1, 0.15) is 12.4 Å². The van der Waals surface area contributed by atoms with Crippen LogP contribution in [0.15, 0.2) is 48.5 Å². The highest BCUT2D eigenvalue weighted by Gasteiger charge is 2.23. The van der Waals surface area contributed by atoms with Gasteiger partial charge >= 0.3 is 0 Å². The second-order valence-corrected chi connectivity index (χ2v) is 7.79.